The van der Waals surface area contributed by atoms with E-state index in [1.165, 1.54) is 6.08 Å². The molecule has 2 aromatic carbocycles. The van der Waals surface area contributed by atoms with Gasteiger partial charge in [0.15, 0.2) is 5.58 Å². The van der Waals surface area contributed by atoms with E-state index in [1.807, 2.05) is 24.3 Å². The number of nitrogens with two attached hydrogens (primary N) is 1. The van der Waals surface area contributed by atoms with Crippen LogP contribution in [0, 0.1) is 0 Å². The van der Waals surface area contributed by atoms with Gasteiger partial charge in [0.05, 0.1) is 18.2 Å². The van der Waals surface area contributed by atoms with Crippen molar-refractivity contribution in [2.75, 3.05) is 24.2 Å². The van der Waals surface area contributed by atoms with Crippen molar-refractivity contribution in [1.29, 1.82) is 0 Å². The second-order valence-electron chi connectivity index (χ2n) is 7.84. The first-order valence-electron chi connectivity index (χ1n) is 11.1. The van der Waals surface area contributed by atoms with E-state index in [9.17, 15) is 9.59 Å². The number of aliphatic hydroxyl groups is 1. The highest BCUT2D eigenvalue weighted by Gasteiger charge is 2.11. The number of furan rings is 1. The summed E-state index contributed by atoms with van der Waals surface area (Å²) in [6, 6.07) is 15.9. The van der Waals surface area contributed by atoms with Gasteiger partial charge in [-0.3, -0.25) is 4.79 Å². The fourth-order valence-electron chi connectivity index (χ4n) is 3.43. The molecule has 184 valence electrons. The molecule has 3 amide bonds. The van der Waals surface area contributed by atoms with Crippen molar-refractivity contribution in [3.63, 3.8) is 0 Å². The second-order valence-corrected chi connectivity index (χ2v) is 8.25. The van der Waals surface area contributed by atoms with Crippen molar-refractivity contribution < 1.29 is 19.1 Å². The van der Waals surface area contributed by atoms with Crippen molar-refractivity contribution in [1.82, 2.24) is 15.6 Å². The first kappa shape index (κ1) is 24.8. The zero-order valence-corrected chi connectivity index (χ0v) is 19.9. The zero-order chi connectivity index (χ0) is 25.5. The molecule has 0 bridgehead atoms. The number of pyridine rings is 1. The summed E-state index contributed by atoms with van der Waals surface area (Å²) < 4.78 is 5.84. The molecule has 0 aliphatic carbocycles. The van der Waals surface area contributed by atoms with Crippen LogP contribution in [0.15, 0.2) is 71.3 Å². The summed E-state index contributed by atoms with van der Waals surface area (Å²) in [5, 5.41) is 18.0. The number of fused-ring (bicyclic) bond motifs is 1. The molecule has 0 aliphatic heterocycles. The normalized spacial score (nSPS) is 11.1. The Morgan fingerprint density at radius 2 is 1.86 bits per heavy atom. The van der Waals surface area contributed by atoms with E-state index in [4.69, 9.17) is 26.9 Å². The van der Waals surface area contributed by atoms with Crippen molar-refractivity contribution in [3.05, 3.63) is 83.2 Å². The molecule has 36 heavy (non-hydrogen) atoms. The van der Waals surface area contributed by atoms with Crippen LogP contribution in [0.1, 0.15) is 11.3 Å². The third-order valence-corrected chi connectivity index (χ3v) is 5.45. The zero-order valence-electron chi connectivity index (χ0n) is 19.1. The summed E-state index contributed by atoms with van der Waals surface area (Å²) in [6.45, 7) is 0.246. The van der Waals surface area contributed by atoms with Gasteiger partial charge < -0.3 is 31.2 Å². The number of halogens is 1. The molecule has 0 saturated carbocycles. The molecule has 0 atom stereocenters. The molecular formula is C26H24ClN5O4. The lowest BCUT2D eigenvalue weighted by Crippen LogP contribution is -2.30. The lowest BCUT2D eigenvalue weighted by molar-refractivity contribution is -0.116. The number of anilines is 2. The van der Waals surface area contributed by atoms with E-state index < -0.39 is 6.03 Å². The Balaban J connectivity index is 1.41. The van der Waals surface area contributed by atoms with Crippen LogP contribution in [0.5, 0.6) is 0 Å². The predicted octanol–water partition coefficient (Wildman–Crippen LogP) is 4.17. The standard InChI is InChI=1S/C26H24ClN5O4/c27-22-13-18(17-3-5-20(6-4-17)32-26(35)29-9-10-33)11-19-12-21(36-25(19)22)15-31-24(34)8-2-16-1-7-23(28)30-14-16/h1-8,11-14,33H,9-10,15H2,(H2,28,30)(H,31,34)(H2,29,32,35)/b8-2+. The van der Waals surface area contributed by atoms with Crippen molar-refractivity contribution in [2.45, 2.75) is 6.54 Å². The van der Waals surface area contributed by atoms with Crippen molar-refractivity contribution >= 4 is 52.1 Å². The Labute approximate surface area is 212 Å². The van der Waals surface area contributed by atoms with E-state index in [0.717, 1.165) is 22.1 Å². The highest BCUT2D eigenvalue weighted by atomic mass is 35.5. The number of carbonyl (C=O) groups excluding carboxylic acids is 2. The maximum absolute atomic E-state index is 12.2. The largest absolute Gasteiger partial charge is 0.458 e. The lowest BCUT2D eigenvalue weighted by Gasteiger charge is -2.08. The molecule has 0 spiro atoms. The fourth-order valence-corrected chi connectivity index (χ4v) is 3.69. The molecule has 4 rings (SSSR count). The number of benzene rings is 2. The third-order valence-electron chi connectivity index (χ3n) is 5.17. The Kier molecular flexibility index (Phi) is 7.84. The number of aliphatic hydroxyl groups excluding tert-OH is 1. The van der Waals surface area contributed by atoms with Gasteiger partial charge in [0.1, 0.15) is 11.6 Å². The Morgan fingerprint density at radius 3 is 2.58 bits per heavy atom. The predicted molar refractivity (Wildman–Crippen MR) is 140 cm³/mol. The Morgan fingerprint density at radius 1 is 1.06 bits per heavy atom. The van der Waals surface area contributed by atoms with Gasteiger partial charge >= 0.3 is 6.03 Å². The average Bonchev–Trinajstić information content (AvgIpc) is 3.30. The van der Waals surface area contributed by atoms with Gasteiger partial charge in [0.25, 0.3) is 0 Å². The van der Waals surface area contributed by atoms with E-state index in [0.29, 0.717) is 27.9 Å². The van der Waals surface area contributed by atoms with Crippen LogP contribution in [-0.2, 0) is 11.3 Å². The molecule has 4 aromatic rings. The number of urea groups is 1. The molecule has 0 unspecified atom stereocenters. The molecule has 0 saturated heterocycles. The minimum atomic E-state index is -0.392. The maximum atomic E-state index is 12.2. The molecule has 6 N–H and O–H groups in total. The highest BCUT2D eigenvalue weighted by Crippen LogP contribution is 2.33. The van der Waals surface area contributed by atoms with Crippen LogP contribution in [0.2, 0.25) is 5.02 Å². The number of carbonyl (C=O) groups is 2. The highest BCUT2D eigenvalue weighted by molar-refractivity contribution is 6.35. The summed E-state index contributed by atoms with van der Waals surface area (Å²) in [5.74, 6) is 0.697. The molecule has 10 heteroatoms. The molecule has 0 aliphatic rings. The van der Waals surface area contributed by atoms with Crippen molar-refractivity contribution in [2.24, 2.45) is 0 Å². The summed E-state index contributed by atoms with van der Waals surface area (Å²) in [4.78, 5) is 27.9. The molecule has 0 fully saturated rings. The third kappa shape index (κ3) is 6.41. The smallest absolute Gasteiger partial charge is 0.319 e. The molecule has 2 heterocycles. The number of nitrogens with zero attached hydrogens (tertiary/aromatic N) is 1. The SMILES string of the molecule is Nc1ccc(/C=C/C(=O)NCc2cc3cc(-c4ccc(NC(=O)NCCO)cc4)cc(Cl)c3o2)cn1. The van der Waals surface area contributed by atoms with Crippen LogP contribution in [0.3, 0.4) is 0 Å². The number of rotatable bonds is 8. The molecular weight excluding hydrogens is 482 g/mol. The van der Waals surface area contributed by atoms with Crippen molar-refractivity contribution in [3.8, 4) is 11.1 Å². The van der Waals surface area contributed by atoms with Gasteiger partial charge in [-0.1, -0.05) is 23.7 Å². The first-order chi connectivity index (χ1) is 17.4. The number of aromatic nitrogens is 1. The minimum Gasteiger partial charge on any atom is -0.458 e. The van der Waals surface area contributed by atoms with Crippen LogP contribution in [-0.4, -0.2) is 35.2 Å². The number of hydrogen-bond donors (Lipinski definition) is 5. The number of nitrogen functional groups attached to an aromatic ring is 1. The average molecular weight is 506 g/mol. The van der Waals surface area contributed by atoms with Gasteiger partial charge in [0, 0.05) is 29.9 Å². The van der Waals surface area contributed by atoms with Crippen LogP contribution in [0.4, 0.5) is 16.3 Å². The molecule has 0 radical (unpaired) electrons. The first-order valence-corrected chi connectivity index (χ1v) is 11.4. The Hall–Kier alpha value is -4.34. The number of amides is 3. The lowest BCUT2D eigenvalue weighted by atomic mass is 10.0. The Bertz CT molecular complexity index is 1400. The number of nitrogens with one attached hydrogen (secondary N) is 3. The summed E-state index contributed by atoms with van der Waals surface area (Å²) in [5.41, 5.74) is 9.24. The van der Waals surface area contributed by atoms with Gasteiger partial charge in [0.2, 0.25) is 5.91 Å². The quantitative estimate of drug-likeness (QED) is 0.227. The topological polar surface area (TPSA) is 143 Å². The monoisotopic (exact) mass is 505 g/mol. The van der Waals surface area contributed by atoms with E-state index in [-0.39, 0.29) is 25.6 Å². The van der Waals surface area contributed by atoms with Crippen LogP contribution < -0.4 is 21.7 Å². The van der Waals surface area contributed by atoms with Gasteiger partial charge in [-0.2, -0.15) is 0 Å². The van der Waals surface area contributed by atoms with Gasteiger partial charge in [-0.05, 0) is 65.2 Å². The second kappa shape index (κ2) is 11.4. The van der Waals surface area contributed by atoms with Crippen LogP contribution in [0.25, 0.3) is 28.2 Å². The van der Waals surface area contributed by atoms with Gasteiger partial charge in [-0.25, -0.2) is 9.78 Å². The molecule has 9 nitrogen and oxygen atoms in total. The van der Waals surface area contributed by atoms with Crippen LogP contribution >= 0.6 is 11.6 Å². The van der Waals surface area contributed by atoms with E-state index in [2.05, 4.69) is 20.9 Å². The fraction of sp³-hybridized carbons (Fsp3) is 0.115. The van der Waals surface area contributed by atoms with E-state index in [1.54, 1.807) is 42.6 Å². The van der Waals surface area contributed by atoms with Gasteiger partial charge in [-0.15, -0.1) is 0 Å². The summed E-state index contributed by atoms with van der Waals surface area (Å²) in [6.07, 6.45) is 4.64. The summed E-state index contributed by atoms with van der Waals surface area (Å²) >= 11 is 6.47. The van der Waals surface area contributed by atoms with E-state index >= 15 is 0 Å². The molecule has 2 aromatic heterocycles. The maximum Gasteiger partial charge on any atom is 0.319 e. The minimum absolute atomic E-state index is 0.128. The number of hydrogen-bond acceptors (Lipinski definition) is 6. The summed E-state index contributed by atoms with van der Waals surface area (Å²) in [7, 11) is 0.